The van der Waals surface area contributed by atoms with E-state index in [1.807, 2.05) is 6.07 Å². The molecule has 29 heavy (non-hydrogen) atoms. The average Bonchev–Trinajstić information content (AvgIpc) is 3.46. The molecule has 1 aromatic rings. The van der Waals surface area contributed by atoms with Crippen molar-refractivity contribution in [3.8, 4) is 5.75 Å². The van der Waals surface area contributed by atoms with Crippen molar-refractivity contribution in [3.63, 3.8) is 0 Å². The quantitative estimate of drug-likeness (QED) is 0.236. The van der Waals surface area contributed by atoms with Gasteiger partial charge in [0, 0.05) is 31.0 Å². The Morgan fingerprint density at radius 1 is 1.21 bits per heavy atom. The summed E-state index contributed by atoms with van der Waals surface area (Å²) in [6, 6.07) is 8.53. The summed E-state index contributed by atoms with van der Waals surface area (Å²) in [5, 5.41) is 9.96. The van der Waals surface area contributed by atoms with Crippen molar-refractivity contribution in [1.82, 2.24) is 16.0 Å². The SMILES string of the molecule is CCNC(=NCCNC(=O)C1CC1)NC1CC2(CCCC2)Oc2ccccc21.I. The number of para-hydroxylation sites is 1. The van der Waals surface area contributed by atoms with Crippen LogP contribution in [-0.4, -0.2) is 37.1 Å². The van der Waals surface area contributed by atoms with Crippen LogP contribution in [0.1, 0.15) is 63.5 Å². The number of carbonyl (C=O) groups excluding carboxylic acids is 1. The molecule has 0 bridgehead atoms. The maximum Gasteiger partial charge on any atom is 0.223 e. The van der Waals surface area contributed by atoms with Gasteiger partial charge in [-0.25, -0.2) is 0 Å². The third-order valence-electron chi connectivity index (χ3n) is 6.00. The molecule has 2 aliphatic carbocycles. The first-order chi connectivity index (χ1) is 13.7. The smallest absolute Gasteiger partial charge is 0.223 e. The van der Waals surface area contributed by atoms with Crippen LogP contribution in [0.25, 0.3) is 0 Å². The van der Waals surface area contributed by atoms with Crippen LogP contribution in [0.15, 0.2) is 29.3 Å². The molecule has 160 valence electrons. The van der Waals surface area contributed by atoms with Crippen molar-refractivity contribution < 1.29 is 9.53 Å². The summed E-state index contributed by atoms with van der Waals surface area (Å²) in [5.41, 5.74) is 1.16. The van der Waals surface area contributed by atoms with Crippen LogP contribution in [0.5, 0.6) is 5.75 Å². The molecule has 1 heterocycles. The highest BCUT2D eigenvalue weighted by molar-refractivity contribution is 14.0. The fourth-order valence-corrected chi connectivity index (χ4v) is 4.39. The number of hydrogen-bond donors (Lipinski definition) is 3. The van der Waals surface area contributed by atoms with Gasteiger partial charge in [-0.1, -0.05) is 18.2 Å². The predicted molar refractivity (Wildman–Crippen MR) is 126 cm³/mol. The van der Waals surface area contributed by atoms with E-state index in [1.54, 1.807) is 0 Å². The molecule has 1 aromatic carbocycles. The fraction of sp³-hybridized carbons (Fsp3) is 0.636. The Hall–Kier alpha value is -1.51. The van der Waals surface area contributed by atoms with Gasteiger partial charge in [-0.15, -0.1) is 24.0 Å². The molecule has 1 spiro atoms. The zero-order chi connectivity index (χ0) is 19.4. The third-order valence-corrected chi connectivity index (χ3v) is 6.00. The second-order valence-corrected chi connectivity index (χ2v) is 8.26. The second-order valence-electron chi connectivity index (χ2n) is 8.26. The first kappa shape index (κ1) is 22.2. The topological polar surface area (TPSA) is 74.8 Å². The number of benzene rings is 1. The number of halogens is 1. The standard InChI is InChI=1S/C22H32N4O2.HI/c1-2-23-21(25-14-13-24-20(27)16-9-10-16)26-18-15-22(11-5-6-12-22)28-19-8-4-3-7-17(18)19;/h3-4,7-8,16,18H,2,5-6,9-15H2,1H3,(H,24,27)(H2,23,25,26);1H. The molecule has 3 N–H and O–H groups in total. The molecule has 0 radical (unpaired) electrons. The van der Waals surface area contributed by atoms with E-state index >= 15 is 0 Å². The van der Waals surface area contributed by atoms with Crippen LogP contribution in [0.3, 0.4) is 0 Å². The van der Waals surface area contributed by atoms with Gasteiger partial charge in [-0.3, -0.25) is 9.79 Å². The van der Waals surface area contributed by atoms with E-state index in [2.05, 4.69) is 46.1 Å². The van der Waals surface area contributed by atoms with Crippen molar-refractivity contribution in [2.75, 3.05) is 19.6 Å². The largest absolute Gasteiger partial charge is 0.487 e. The highest BCUT2D eigenvalue weighted by Gasteiger charge is 2.43. The van der Waals surface area contributed by atoms with E-state index in [0.717, 1.165) is 50.4 Å². The lowest BCUT2D eigenvalue weighted by atomic mass is 9.86. The van der Waals surface area contributed by atoms with Crippen LogP contribution >= 0.6 is 24.0 Å². The van der Waals surface area contributed by atoms with Gasteiger partial charge in [-0.2, -0.15) is 0 Å². The molecule has 1 aliphatic heterocycles. The zero-order valence-corrected chi connectivity index (χ0v) is 19.5. The van der Waals surface area contributed by atoms with Crippen LogP contribution in [-0.2, 0) is 4.79 Å². The van der Waals surface area contributed by atoms with Crippen molar-refractivity contribution in [2.24, 2.45) is 10.9 Å². The number of fused-ring (bicyclic) bond motifs is 1. The Balaban J connectivity index is 0.00000240. The van der Waals surface area contributed by atoms with Gasteiger partial charge in [0.25, 0.3) is 0 Å². The summed E-state index contributed by atoms with van der Waals surface area (Å²) in [4.78, 5) is 16.5. The van der Waals surface area contributed by atoms with Gasteiger partial charge in [0.2, 0.25) is 5.91 Å². The molecule has 3 aliphatic rings. The van der Waals surface area contributed by atoms with Crippen molar-refractivity contribution >= 4 is 35.8 Å². The lowest BCUT2D eigenvalue weighted by Gasteiger charge is -2.40. The highest BCUT2D eigenvalue weighted by atomic mass is 127. The predicted octanol–water partition coefficient (Wildman–Crippen LogP) is 3.52. The summed E-state index contributed by atoms with van der Waals surface area (Å²) < 4.78 is 6.46. The molecule has 1 atom stereocenters. The molecular formula is C22H33IN4O2. The molecule has 0 saturated heterocycles. The van der Waals surface area contributed by atoms with E-state index in [4.69, 9.17) is 4.74 Å². The number of amides is 1. The molecule has 0 aromatic heterocycles. The summed E-state index contributed by atoms with van der Waals surface area (Å²) in [5.74, 6) is 2.23. The maximum absolute atomic E-state index is 11.8. The second kappa shape index (κ2) is 10.00. The Kier molecular flexibility index (Phi) is 7.65. The number of ether oxygens (including phenoxy) is 1. The Bertz CT molecular complexity index is 729. The summed E-state index contributed by atoms with van der Waals surface area (Å²) in [6.45, 7) is 4.03. The lowest BCUT2D eigenvalue weighted by Crippen LogP contribution is -2.46. The Labute approximate surface area is 190 Å². The van der Waals surface area contributed by atoms with Gasteiger partial charge in [0.15, 0.2) is 5.96 Å². The van der Waals surface area contributed by atoms with Crippen LogP contribution in [0.4, 0.5) is 0 Å². The molecule has 2 fully saturated rings. The number of nitrogens with one attached hydrogen (secondary N) is 3. The van der Waals surface area contributed by atoms with Crippen molar-refractivity contribution in [3.05, 3.63) is 29.8 Å². The van der Waals surface area contributed by atoms with E-state index in [-0.39, 0.29) is 47.4 Å². The molecule has 4 rings (SSSR count). The summed E-state index contributed by atoms with van der Waals surface area (Å²) >= 11 is 0. The van der Waals surface area contributed by atoms with E-state index in [0.29, 0.717) is 13.1 Å². The van der Waals surface area contributed by atoms with Gasteiger partial charge < -0.3 is 20.7 Å². The van der Waals surface area contributed by atoms with Crippen LogP contribution in [0.2, 0.25) is 0 Å². The van der Waals surface area contributed by atoms with E-state index in [1.165, 1.54) is 18.4 Å². The van der Waals surface area contributed by atoms with E-state index < -0.39 is 0 Å². The lowest BCUT2D eigenvalue weighted by molar-refractivity contribution is -0.122. The Morgan fingerprint density at radius 3 is 2.69 bits per heavy atom. The molecule has 2 saturated carbocycles. The number of nitrogens with zero attached hydrogens (tertiary/aromatic N) is 1. The average molecular weight is 512 g/mol. The first-order valence-corrected chi connectivity index (χ1v) is 10.8. The monoisotopic (exact) mass is 512 g/mol. The molecule has 1 unspecified atom stereocenters. The van der Waals surface area contributed by atoms with Crippen molar-refractivity contribution in [2.45, 2.75) is 63.5 Å². The van der Waals surface area contributed by atoms with Gasteiger partial charge >= 0.3 is 0 Å². The minimum absolute atomic E-state index is 0. The highest BCUT2D eigenvalue weighted by Crippen LogP contribution is 2.46. The number of aliphatic imine (C=N–C) groups is 1. The molecule has 7 heteroatoms. The zero-order valence-electron chi connectivity index (χ0n) is 17.2. The van der Waals surface area contributed by atoms with Crippen LogP contribution < -0.4 is 20.7 Å². The number of guanidine groups is 1. The minimum Gasteiger partial charge on any atom is -0.487 e. The van der Waals surface area contributed by atoms with E-state index in [9.17, 15) is 4.79 Å². The maximum atomic E-state index is 11.8. The number of hydrogen-bond acceptors (Lipinski definition) is 3. The summed E-state index contributed by atoms with van der Waals surface area (Å²) in [7, 11) is 0. The number of carbonyl (C=O) groups is 1. The first-order valence-electron chi connectivity index (χ1n) is 10.8. The fourth-order valence-electron chi connectivity index (χ4n) is 4.39. The van der Waals surface area contributed by atoms with Crippen LogP contribution in [0, 0.1) is 5.92 Å². The molecule has 1 amide bonds. The Morgan fingerprint density at radius 2 is 1.97 bits per heavy atom. The number of rotatable bonds is 6. The minimum atomic E-state index is -0.0401. The molecular weight excluding hydrogens is 479 g/mol. The van der Waals surface area contributed by atoms with Gasteiger partial charge in [-0.05, 0) is 51.5 Å². The normalized spacial score (nSPS) is 22.2. The van der Waals surface area contributed by atoms with Gasteiger partial charge in [0.05, 0.1) is 12.6 Å². The summed E-state index contributed by atoms with van der Waals surface area (Å²) in [6.07, 6.45) is 7.76. The van der Waals surface area contributed by atoms with Crippen molar-refractivity contribution in [1.29, 1.82) is 0 Å². The van der Waals surface area contributed by atoms with Gasteiger partial charge in [0.1, 0.15) is 11.4 Å². The molecule has 6 nitrogen and oxygen atoms in total. The third kappa shape index (κ3) is 5.55.